The van der Waals surface area contributed by atoms with E-state index in [0.717, 1.165) is 21.7 Å². The van der Waals surface area contributed by atoms with Crippen molar-refractivity contribution in [1.29, 1.82) is 0 Å². The average molecular weight is 418 g/mol. The van der Waals surface area contributed by atoms with E-state index >= 15 is 0 Å². The van der Waals surface area contributed by atoms with Crippen LogP contribution in [0, 0.1) is 0 Å². The average Bonchev–Trinajstić information content (AvgIpc) is 3.27. The lowest BCUT2D eigenvalue weighted by Gasteiger charge is -2.16. The van der Waals surface area contributed by atoms with Crippen LogP contribution >= 0.6 is 11.3 Å². The molecule has 2 amide bonds. The van der Waals surface area contributed by atoms with E-state index in [-0.39, 0.29) is 24.8 Å². The van der Waals surface area contributed by atoms with Crippen LogP contribution in [0.15, 0.2) is 61.2 Å². The molecule has 0 unspecified atom stereocenters. The first kappa shape index (κ1) is 20.0. The van der Waals surface area contributed by atoms with Gasteiger partial charge in [0.1, 0.15) is 0 Å². The highest BCUT2D eigenvalue weighted by molar-refractivity contribution is 7.16. The first-order valence-corrected chi connectivity index (χ1v) is 10.7. The zero-order valence-corrected chi connectivity index (χ0v) is 17.8. The fraction of sp³-hybridized carbons (Fsp3) is 0.208. The molecule has 2 heterocycles. The van der Waals surface area contributed by atoms with Crippen molar-refractivity contribution in [1.82, 2.24) is 9.88 Å². The Labute approximate surface area is 180 Å². The van der Waals surface area contributed by atoms with Gasteiger partial charge in [-0.2, -0.15) is 0 Å². The van der Waals surface area contributed by atoms with Gasteiger partial charge in [0.2, 0.25) is 5.91 Å². The van der Waals surface area contributed by atoms with E-state index in [2.05, 4.69) is 30.7 Å². The fourth-order valence-electron chi connectivity index (χ4n) is 3.55. The van der Waals surface area contributed by atoms with Crippen molar-refractivity contribution in [2.24, 2.45) is 0 Å². The first-order valence-electron chi connectivity index (χ1n) is 9.92. The number of hydrogen-bond donors (Lipinski definition) is 1. The zero-order chi connectivity index (χ0) is 21.3. The molecule has 152 valence electrons. The van der Waals surface area contributed by atoms with Gasteiger partial charge in [-0.25, -0.2) is 4.98 Å². The molecule has 0 bridgehead atoms. The number of nitrogens with zero attached hydrogens (tertiary/aromatic N) is 2. The lowest BCUT2D eigenvalue weighted by atomic mass is 10.1. The molecule has 2 aromatic carbocycles. The summed E-state index contributed by atoms with van der Waals surface area (Å²) in [6.07, 6.45) is 0.177. The summed E-state index contributed by atoms with van der Waals surface area (Å²) >= 11 is 1.50. The van der Waals surface area contributed by atoms with Crippen LogP contribution in [0.3, 0.4) is 0 Å². The molecular formula is C24H23N3O2S. The van der Waals surface area contributed by atoms with Gasteiger partial charge in [0.05, 0.1) is 5.69 Å². The van der Waals surface area contributed by atoms with Gasteiger partial charge in [-0.1, -0.05) is 69.0 Å². The molecule has 0 radical (unpaired) electrons. The monoisotopic (exact) mass is 417 g/mol. The summed E-state index contributed by atoms with van der Waals surface area (Å²) in [5.41, 5.74) is 4.05. The van der Waals surface area contributed by atoms with E-state index in [9.17, 15) is 9.59 Å². The summed E-state index contributed by atoms with van der Waals surface area (Å²) in [6.45, 7) is 8.54. The van der Waals surface area contributed by atoms with Gasteiger partial charge in [0.15, 0.2) is 5.13 Å². The van der Waals surface area contributed by atoms with E-state index in [1.165, 1.54) is 11.3 Å². The number of anilines is 1. The lowest BCUT2D eigenvalue weighted by molar-refractivity contribution is -0.116. The Balaban J connectivity index is 1.44. The van der Waals surface area contributed by atoms with Crippen molar-refractivity contribution in [3.05, 3.63) is 77.2 Å². The molecule has 1 aliphatic rings. The molecule has 0 fully saturated rings. The van der Waals surface area contributed by atoms with E-state index in [1.54, 1.807) is 11.0 Å². The Bertz CT molecular complexity index is 1080. The lowest BCUT2D eigenvalue weighted by Crippen LogP contribution is -2.27. The van der Waals surface area contributed by atoms with Gasteiger partial charge in [-0.3, -0.25) is 9.59 Å². The van der Waals surface area contributed by atoms with Crippen molar-refractivity contribution in [3.63, 3.8) is 0 Å². The number of carbonyl (C=O) groups excluding carboxylic acids is 2. The number of benzene rings is 2. The number of aromatic nitrogens is 1. The van der Waals surface area contributed by atoms with Gasteiger partial charge >= 0.3 is 0 Å². The van der Waals surface area contributed by atoms with Gasteiger partial charge < -0.3 is 10.2 Å². The highest BCUT2D eigenvalue weighted by Gasteiger charge is 2.30. The molecule has 6 heteroatoms. The Kier molecular flexibility index (Phi) is 5.50. The van der Waals surface area contributed by atoms with Crippen molar-refractivity contribution in [2.45, 2.75) is 26.2 Å². The molecule has 1 aliphatic heterocycles. The minimum atomic E-state index is -0.171. The third-order valence-corrected chi connectivity index (χ3v) is 6.34. The Hall–Kier alpha value is -3.25. The van der Waals surface area contributed by atoms with Crippen LogP contribution in [-0.2, 0) is 4.79 Å². The zero-order valence-electron chi connectivity index (χ0n) is 17.0. The molecule has 5 nitrogen and oxygen atoms in total. The number of fused-ring (bicyclic) bond motifs is 1. The number of rotatable bonds is 6. The molecule has 0 saturated heterocycles. The molecule has 0 saturated carbocycles. The summed E-state index contributed by atoms with van der Waals surface area (Å²) in [7, 11) is 0. The summed E-state index contributed by atoms with van der Waals surface area (Å²) in [5, 5.41) is 3.48. The number of nitrogens with one attached hydrogen (secondary N) is 1. The predicted octanol–water partition coefficient (Wildman–Crippen LogP) is 5.39. The molecular weight excluding hydrogens is 394 g/mol. The minimum absolute atomic E-state index is 0.105. The molecule has 0 aliphatic carbocycles. The van der Waals surface area contributed by atoms with Gasteiger partial charge in [-0.15, -0.1) is 11.3 Å². The van der Waals surface area contributed by atoms with Crippen LogP contribution < -0.4 is 5.32 Å². The van der Waals surface area contributed by atoms with Crippen LogP contribution in [0.5, 0.6) is 0 Å². The predicted molar refractivity (Wildman–Crippen MR) is 121 cm³/mol. The standard InChI is InChI=1S/C24H23N3O2S/c1-15(2)22-21(17-9-5-4-6-10-17)26-24(30-22)25-20(28)13-14-27-16(3)18-11-7-8-12-19(18)23(27)29/h4-12,15H,3,13-14H2,1-2H3,(H,25,26,28). The van der Waals surface area contributed by atoms with Crippen LogP contribution in [-0.4, -0.2) is 28.2 Å². The number of hydrogen-bond acceptors (Lipinski definition) is 4. The number of amides is 2. The summed E-state index contributed by atoms with van der Waals surface area (Å²) in [6, 6.07) is 17.4. The molecule has 4 rings (SSSR count). The van der Waals surface area contributed by atoms with Crippen molar-refractivity contribution >= 4 is 34.0 Å². The molecule has 0 spiro atoms. The van der Waals surface area contributed by atoms with Crippen LogP contribution in [0.25, 0.3) is 17.0 Å². The third kappa shape index (κ3) is 3.78. The Morgan fingerprint density at radius 3 is 2.43 bits per heavy atom. The SMILES string of the molecule is C=C1c2ccccc2C(=O)N1CCC(=O)Nc1nc(-c2ccccc2)c(C(C)C)s1. The highest BCUT2D eigenvalue weighted by atomic mass is 32.1. The van der Waals surface area contributed by atoms with Crippen molar-refractivity contribution in [3.8, 4) is 11.3 Å². The second-order valence-electron chi connectivity index (χ2n) is 7.50. The Morgan fingerprint density at radius 2 is 1.77 bits per heavy atom. The smallest absolute Gasteiger partial charge is 0.258 e. The summed E-state index contributed by atoms with van der Waals surface area (Å²) in [4.78, 5) is 32.5. The first-order chi connectivity index (χ1) is 14.5. The highest BCUT2D eigenvalue weighted by Crippen LogP contribution is 2.36. The van der Waals surface area contributed by atoms with Crippen LogP contribution in [0.4, 0.5) is 5.13 Å². The second-order valence-corrected chi connectivity index (χ2v) is 8.53. The number of thiazole rings is 1. The van der Waals surface area contributed by atoms with Gasteiger partial charge in [0.25, 0.3) is 5.91 Å². The van der Waals surface area contributed by atoms with Gasteiger partial charge in [0, 0.05) is 40.2 Å². The van der Waals surface area contributed by atoms with E-state index < -0.39 is 0 Å². The quantitative estimate of drug-likeness (QED) is 0.585. The number of carbonyl (C=O) groups is 2. The topological polar surface area (TPSA) is 62.3 Å². The third-order valence-electron chi connectivity index (χ3n) is 5.07. The van der Waals surface area contributed by atoms with E-state index in [0.29, 0.717) is 22.3 Å². The van der Waals surface area contributed by atoms with E-state index in [4.69, 9.17) is 0 Å². The second kappa shape index (κ2) is 8.24. The van der Waals surface area contributed by atoms with Gasteiger partial charge in [-0.05, 0) is 12.0 Å². The summed E-state index contributed by atoms with van der Waals surface area (Å²) < 4.78 is 0. The van der Waals surface area contributed by atoms with Crippen molar-refractivity contribution < 1.29 is 9.59 Å². The minimum Gasteiger partial charge on any atom is -0.308 e. The Morgan fingerprint density at radius 1 is 1.10 bits per heavy atom. The fourth-order valence-corrected chi connectivity index (χ4v) is 4.55. The maximum absolute atomic E-state index is 12.6. The van der Waals surface area contributed by atoms with E-state index in [1.807, 2.05) is 48.5 Å². The van der Waals surface area contributed by atoms with Crippen LogP contribution in [0.1, 0.15) is 47.0 Å². The molecule has 1 N–H and O–H groups in total. The normalized spacial score (nSPS) is 13.1. The largest absolute Gasteiger partial charge is 0.308 e. The molecule has 0 atom stereocenters. The van der Waals surface area contributed by atoms with Crippen molar-refractivity contribution in [2.75, 3.05) is 11.9 Å². The molecule has 3 aromatic rings. The maximum atomic E-state index is 12.6. The molecule has 1 aromatic heterocycles. The van der Waals surface area contributed by atoms with Crippen LogP contribution in [0.2, 0.25) is 0 Å². The molecule has 30 heavy (non-hydrogen) atoms. The maximum Gasteiger partial charge on any atom is 0.258 e. The summed E-state index contributed by atoms with van der Waals surface area (Å²) in [5.74, 6) is 0.0220.